The van der Waals surface area contributed by atoms with Crippen LogP contribution in [0.2, 0.25) is 5.02 Å². The number of halogens is 1. The zero-order chi connectivity index (χ0) is 22.0. The van der Waals surface area contributed by atoms with Gasteiger partial charge < -0.3 is 20.2 Å². The molecule has 0 radical (unpaired) electrons. The molecule has 1 aromatic heterocycles. The van der Waals surface area contributed by atoms with Gasteiger partial charge in [-0.1, -0.05) is 36.7 Å². The molecule has 3 N–H and O–H groups in total. The Morgan fingerprint density at radius 2 is 1.94 bits per heavy atom. The van der Waals surface area contributed by atoms with Gasteiger partial charge in [0.15, 0.2) is 0 Å². The first-order valence-electron chi connectivity index (χ1n) is 10.8. The summed E-state index contributed by atoms with van der Waals surface area (Å²) in [5.74, 6) is 1.52. The van der Waals surface area contributed by atoms with Gasteiger partial charge in [-0.15, -0.1) is 0 Å². The number of H-pyrrole nitrogens is 1. The van der Waals surface area contributed by atoms with Crippen molar-refractivity contribution < 1.29 is 9.47 Å². The van der Waals surface area contributed by atoms with Gasteiger partial charge >= 0.3 is 0 Å². The normalized spacial score (nSPS) is 22.3. The van der Waals surface area contributed by atoms with Gasteiger partial charge in [-0.05, 0) is 61.8 Å². The van der Waals surface area contributed by atoms with E-state index in [4.69, 9.17) is 26.8 Å². The fourth-order valence-electron chi connectivity index (χ4n) is 4.97. The molecule has 1 unspecified atom stereocenters. The molecule has 6 heteroatoms. The van der Waals surface area contributed by atoms with Gasteiger partial charge in [0.05, 0.1) is 18.2 Å². The topological polar surface area (TPSA) is 77.3 Å². The lowest BCUT2D eigenvalue weighted by atomic mass is 9.63. The molecule has 1 aliphatic rings. The second kappa shape index (κ2) is 8.93. The molecule has 5 nitrogen and oxygen atoms in total. The third-order valence-electron chi connectivity index (χ3n) is 6.74. The van der Waals surface area contributed by atoms with Gasteiger partial charge in [-0.2, -0.15) is 0 Å². The van der Waals surface area contributed by atoms with Crippen molar-refractivity contribution in [3.63, 3.8) is 0 Å². The van der Waals surface area contributed by atoms with Crippen LogP contribution in [0.1, 0.15) is 44.6 Å². The Kier molecular flexibility index (Phi) is 6.26. The summed E-state index contributed by atoms with van der Waals surface area (Å²) >= 11 is 6.44. The van der Waals surface area contributed by atoms with Gasteiger partial charge in [0.2, 0.25) is 0 Å². The molecule has 4 rings (SSSR count). The molecule has 0 bridgehead atoms. The summed E-state index contributed by atoms with van der Waals surface area (Å²) in [4.78, 5) is 14.7. The van der Waals surface area contributed by atoms with Gasteiger partial charge in [-0.3, -0.25) is 4.79 Å². The van der Waals surface area contributed by atoms with Crippen molar-refractivity contribution in [1.82, 2.24) is 4.98 Å². The van der Waals surface area contributed by atoms with Crippen molar-refractivity contribution in [2.45, 2.75) is 56.6 Å². The smallest absolute Gasteiger partial charge is 0.255 e. The van der Waals surface area contributed by atoms with E-state index in [2.05, 4.69) is 24.0 Å². The van der Waals surface area contributed by atoms with E-state index in [0.717, 1.165) is 43.2 Å². The molecule has 2 aromatic carbocycles. The molecule has 3 aromatic rings. The Bertz CT molecular complexity index is 1120. The number of fused-ring (bicyclic) bond motifs is 1. The predicted molar refractivity (Wildman–Crippen MR) is 125 cm³/mol. The number of benzene rings is 2. The lowest BCUT2D eigenvalue weighted by molar-refractivity contribution is 0.102. The van der Waals surface area contributed by atoms with E-state index >= 15 is 0 Å². The number of methoxy groups -OCH3 is 1. The molecule has 0 saturated heterocycles. The standard InChI is InChI=1S/C25H29ClN2O3/c1-3-23(27)25(19-6-4-5-7-21(19)30-2)11-8-17(9-12-25)31-22-14-16-10-13-28-24(29)18(16)15-20(22)26/h4-7,10,13-15,17,23H,3,8-9,11-12,27H2,1-2H3,(H,28,29)/t17-,23?,25+. The fraction of sp³-hybridized carbons (Fsp3) is 0.400. The van der Waals surface area contributed by atoms with E-state index in [-0.39, 0.29) is 23.1 Å². The summed E-state index contributed by atoms with van der Waals surface area (Å²) in [6.45, 7) is 2.14. The summed E-state index contributed by atoms with van der Waals surface area (Å²) in [5, 5.41) is 1.83. The van der Waals surface area contributed by atoms with Gasteiger partial charge in [0.1, 0.15) is 11.5 Å². The number of aromatic nitrogens is 1. The Hall–Kier alpha value is -2.50. The molecule has 0 amide bonds. The average Bonchev–Trinajstić information content (AvgIpc) is 2.80. The van der Waals surface area contributed by atoms with Crippen LogP contribution in [0.25, 0.3) is 10.8 Å². The highest BCUT2D eigenvalue weighted by molar-refractivity contribution is 6.32. The number of ether oxygens (including phenoxy) is 2. The van der Waals surface area contributed by atoms with Crippen molar-refractivity contribution in [3.05, 3.63) is 69.6 Å². The van der Waals surface area contributed by atoms with Crippen LogP contribution in [0.3, 0.4) is 0 Å². The number of aromatic amines is 1. The van der Waals surface area contributed by atoms with Crippen LogP contribution >= 0.6 is 11.6 Å². The maximum atomic E-state index is 12.0. The minimum Gasteiger partial charge on any atom is -0.496 e. The number of pyridine rings is 1. The third-order valence-corrected chi connectivity index (χ3v) is 7.03. The fourth-order valence-corrected chi connectivity index (χ4v) is 5.18. The van der Waals surface area contributed by atoms with Crippen LogP contribution in [0, 0.1) is 0 Å². The number of rotatable bonds is 6. The van der Waals surface area contributed by atoms with Crippen LogP contribution in [0.5, 0.6) is 11.5 Å². The summed E-state index contributed by atoms with van der Waals surface area (Å²) < 4.78 is 12.0. The Morgan fingerprint density at radius 3 is 2.65 bits per heavy atom. The first kappa shape index (κ1) is 21.7. The second-order valence-electron chi connectivity index (χ2n) is 8.37. The van der Waals surface area contributed by atoms with Crippen LogP contribution in [0.4, 0.5) is 0 Å². The average molecular weight is 441 g/mol. The largest absolute Gasteiger partial charge is 0.496 e. The number of hydrogen-bond donors (Lipinski definition) is 2. The molecule has 164 valence electrons. The van der Waals surface area contributed by atoms with Crippen LogP contribution in [-0.2, 0) is 5.41 Å². The molecule has 0 aliphatic heterocycles. The predicted octanol–water partition coefficient (Wildman–Crippen LogP) is 5.19. The Morgan fingerprint density at radius 1 is 1.19 bits per heavy atom. The quantitative estimate of drug-likeness (QED) is 0.553. The monoisotopic (exact) mass is 440 g/mol. The lowest BCUT2D eigenvalue weighted by Crippen LogP contribution is -2.49. The number of nitrogens with one attached hydrogen (secondary N) is 1. The van der Waals surface area contributed by atoms with Crippen molar-refractivity contribution in [2.24, 2.45) is 5.73 Å². The first-order valence-corrected chi connectivity index (χ1v) is 11.2. The third kappa shape index (κ3) is 4.04. The number of hydrogen-bond acceptors (Lipinski definition) is 4. The zero-order valence-electron chi connectivity index (χ0n) is 18.0. The molecule has 31 heavy (non-hydrogen) atoms. The molecular formula is C25H29ClN2O3. The van der Waals surface area contributed by atoms with E-state index in [1.54, 1.807) is 19.4 Å². The maximum absolute atomic E-state index is 12.0. The second-order valence-corrected chi connectivity index (χ2v) is 8.77. The van der Waals surface area contributed by atoms with Crippen molar-refractivity contribution in [2.75, 3.05) is 7.11 Å². The Balaban J connectivity index is 1.57. The number of para-hydroxylation sites is 1. The zero-order valence-corrected chi connectivity index (χ0v) is 18.7. The highest BCUT2D eigenvalue weighted by Gasteiger charge is 2.43. The summed E-state index contributed by atoms with van der Waals surface area (Å²) in [6.07, 6.45) is 6.15. The highest BCUT2D eigenvalue weighted by Crippen LogP contribution is 2.47. The highest BCUT2D eigenvalue weighted by atomic mass is 35.5. The van der Waals surface area contributed by atoms with Gasteiger partial charge in [0.25, 0.3) is 5.56 Å². The first-order chi connectivity index (χ1) is 15.0. The van der Waals surface area contributed by atoms with E-state index in [9.17, 15) is 4.79 Å². The van der Waals surface area contributed by atoms with Gasteiger partial charge in [-0.25, -0.2) is 0 Å². The van der Waals surface area contributed by atoms with E-state index in [1.165, 1.54) is 5.56 Å². The minimum absolute atomic E-state index is 0.0423. The van der Waals surface area contributed by atoms with Crippen molar-refractivity contribution in [1.29, 1.82) is 0 Å². The van der Waals surface area contributed by atoms with Crippen LogP contribution in [-0.4, -0.2) is 24.2 Å². The van der Waals surface area contributed by atoms with Crippen LogP contribution < -0.4 is 20.8 Å². The molecular weight excluding hydrogens is 412 g/mol. The van der Waals surface area contributed by atoms with E-state index < -0.39 is 0 Å². The molecule has 1 heterocycles. The van der Waals surface area contributed by atoms with E-state index in [0.29, 0.717) is 16.2 Å². The summed E-state index contributed by atoms with van der Waals surface area (Å²) in [5.41, 5.74) is 7.58. The molecule has 1 fully saturated rings. The molecule has 1 aliphatic carbocycles. The van der Waals surface area contributed by atoms with Crippen molar-refractivity contribution in [3.8, 4) is 11.5 Å². The van der Waals surface area contributed by atoms with Crippen LogP contribution in [0.15, 0.2) is 53.5 Å². The van der Waals surface area contributed by atoms with Gasteiger partial charge in [0, 0.05) is 28.6 Å². The SMILES string of the molecule is CCC(N)[C@]1(c2ccccc2OC)CC[C@H](Oc2cc3cc[nH]c(=O)c3cc2Cl)CC1. The molecule has 1 atom stereocenters. The minimum atomic E-state index is -0.154. The summed E-state index contributed by atoms with van der Waals surface area (Å²) in [6, 6.07) is 13.6. The maximum Gasteiger partial charge on any atom is 0.255 e. The molecule has 0 spiro atoms. The lowest BCUT2D eigenvalue weighted by Gasteiger charge is -2.45. The number of nitrogens with two attached hydrogens (primary N) is 1. The molecule has 1 saturated carbocycles. The van der Waals surface area contributed by atoms with E-state index in [1.807, 2.05) is 24.3 Å². The van der Waals surface area contributed by atoms with Crippen molar-refractivity contribution >= 4 is 22.4 Å². The Labute approximate surface area is 187 Å². The summed E-state index contributed by atoms with van der Waals surface area (Å²) in [7, 11) is 1.71.